The van der Waals surface area contributed by atoms with Crippen LogP contribution >= 0.6 is 0 Å². The van der Waals surface area contributed by atoms with Crippen molar-refractivity contribution < 1.29 is 14.3 Å². The Bertz CT molecular complexity index is 1010. The molecule has 0 saturated heterocycles. The number of methoxy groups -OCH3 is 1. The minimum absolute atomic E-state index is 0.0139. The van der Waals surface area contributed by atoms with E-state index >= 15 is 0 Å². The molecule has 2 saturated carbocycles. The van der Waals surface area contributed by atoms with Gasteiger partial charge in [-0.3, -0.25) is 4.79 Å². The van der Waals surface area contributed by atoms with Crippen LogP contribution in [0.25, 0.3) is 10.8 Å². The maximum absolute atomic E-state index is 13.1. The molecule has 1 amide bonds. The Morgan fingerprint density at radius 1 is 1.03 bits per heavy atom. The third-order valence-corrected chi connectivity index (χ3v) is 7.81. The van der Waals surface area contributed by atoms with Crippen molar-refractivity contribution in [1.29, 1.82) is 0 Å². The highest BCUT2D eigenvalue weighted by Gasteiger charge is 2.30. The summed E-state index contributed by atoms with van der Waals surface area (Å²) >= 11 is 0. The number of ether oxygens (including phenoxy) is 1. The van der Waals surface area contributed by atoms with Crippen molar-refractivity contribution in [3.05, 3.63) is 41.2 Å². The standard InChI is InChI=1S/C28H38N2O3/c1-28(2,3)21-11-13-22(14-12-21)29-26(31)20-10-9-19-17-25(27(32)33-4)30-24(23(19)16-20)15-18-7-5-6-8-18/h9-10,16-18,21-22H,5-8,11-15H2,1-4H3,(H,29,31). The monoisotopic (exact) mass is 450 g/mol. The predicted molar refractivity (Wildman–Crippen MR) is 131 cm³/mol. The van der Waals surface area contributed by atoms with Crippen molar-refractivity contribution in [2.75, 3.05) is 7.11 Å². The second-order valence-electron chi connectivity index (χ2n) is 11.1. The lowest BCUT2D eigenvalue weighted by atomic mass is 9.71. The van der Waals surface area contributed by atoms with Crippen LogP contribution in [0.5, 0.6) is 0 Å². The molecule has 0 unspecified atom stereocenters. The van der Waals surface area contributed by atoms with Gasteiger partial charge in [0.15, 0.2) is 0 Å². The molecule has 4 rings (SSSR count). The first-order valence-corrected chi connectivity index (χ1v) is 12.6. The average Bonchev–Trinajstić information content (AvgIpc) is 3.31. The number of hydrogen-bond donors (Lipinski definition) is 1. The molecular formula is C28H38N2O3. The lowest BCUT2D eigenvalue weighted by Gasteiger charge is -2.37. The zero-order valence-corrected chi connectivity index (χ0v) is 20.6. The first-order chi connectivity index (χ1) is 15.7. The number of fused-ring (bicyclic) bond motifs is 1. The molecule has 1 N–H and O–H groups in total. The van der Waals surface area contributed by atoms with Gasteiger partial charge in [-0.15, -0.1) is 0 Å². The first-order valence-electron chi connectivity index (χ1n) is 12.6. The van der Waals surface area contributed by atoms with Gasteiger partial charge in [0.05, 0.1) is 7.11 Å². The summed E-state index contributed by atoms with van der Waals surface area (Å²) in [6.07, 6.45) is 10.1. The minimum Gasteiger partial charge on any atom is -0.464 e. The van der Waals surface area contributed by atoms with Gasteiger partial charge in [0.1, 0.15) is 5.69 Å². The average molecular weight is 451 g/mol. The highest BCUT2D eigenvalue weighted by atomic mass is 16.5. The molecule has 1 aromatic heterocycles. The van der Waals surface area contributed by atoms with Crippen molar-refractivity contribution in [3.8, 4) is 0 Å². The second-order valence-corrected chi connectivity index (χ2v) is 11.1. The van der Waals surface area contributed by atoms with E-state index in [0.717, 1.165) is 54.5 Å². The molecule has 0 radical (unpaired) electrons. The Hall–Kier alpha value is -2.43. The van der Waals surface area contributed by atoms with E-state index in [1.54, 1.807) is 6.07 Å². The van der Waals surface area contributed by atoms with Gasteiger partial charge in [0.25, 0.3) is 5.91 Å². The number of aromatic nitrogens is 1. The van der Waals surface area contributed by atoms with E-state index < -0.39 is 5.97 Å². The van der Waals surface area contributed by atoms with Gasteiger partial charge in [-0.05, 0) is 72.9 Å². The largest absolute Gasteiger partial charge is 0.464 e. The molecule has 2 fully saturated rings. The van der Waals surface area contributed by atoms with Crippen LogP contribution in [-0.2, 0) is 11.2 Å². The lowest BCUT2D eigenvalue weighted by molar-refractivity contribution is 0.0593. The maximum Gasteiger partial charge on any atom is 0.356 e. The van der Waals surface area contributed by atoms with Crippen LogP contribution in [-0.4, -0.2) is 30.0 Å². The van der Waals surface area contributed by atoms with Crippen molar-refractivity contribution in [2.45, 2.75) is 84.6 Å². The van der Waals surface area contributed by atoms with Crippen molar-refractivity contribution >= 4 is 22.6 Å². The first kappa shape index (κ1) is 23.7. The van der Waals surface area contributed by atoms with Crippen molar-refractivity contribution in [1.82, 2.24) is 10.3 Å². The topological polar surface area (TPSA) is 68.3 Å². The molecule has 1 heterocycles. The van der Waals surface area contributed by atoms with Gasteiger partial charge in [-0.25, -0.2) is 9.78 Å². The molecule has 1 aromatic carbocycles. The van der Waals surface area contributed by atoms with Crippen molar-refractivity contribution in [3.63, 3.8) is 0 Å². The number of nitrogens with zero attached hydrogens (tertiary/aromatic N) is 1. The number of amides is 1. The molecule has 178 valence electrons. The fourth-order valence-electron chi connectivity index (χ4n) is 5.68. The molecule has 5 heteroatoms. The third kappa shape index (κ3) is 5.56. The summed E-state index contributed by atoms with van der Waals surface area (Å²) in [6.45, 7) is 6.94. The van der Waals surface area contributed by atoms with Crippen LogP contribution < -0.4 is 5.32 Å². The minimum atomic E-state index is -0.419. The fraction of sp³-hybridized carbons (Fsp3) is 0.607. The Kier molecular flexibility index (Phi) is 7.06. The molecular weight excluding hydrogens is 412 g/mol. The van der Waals surface area contributed by atoms with Crippen LogP contribution in [0.15, 0.2) is 24.3 Å². The van der Waals surface area contributed by atoms with E-state index in [9.17, 15) is 9.59 Å². The number of rotatable bonds is 5. The van der Waals surface area contributed by atoms with E-state index in [-0.39, 0.29) is 11.9 Å². The maximum atomic E-state index is 13.1. The van der Waals surface area contributed by atoms with E-state index in [4.69, 9.17) is 4.74 Å². The zero-order chi connectivity index (χ0) is 23.6. The van der Waals surface area contributed by atoms with Gasteiger partial charge in [-0.1, -0.05) is 52.5 Å². The number of hydrogen-bond acceptors (Lipinski definition) is 4. The molecule has 0 spiro atoms. The number of carbonyl (C=O) groups excluding carboxylic acids is 2. The molecule has 0 aliphatic heterocycles. The Morgan fingerprint density at radius 3 is 2.36 bits per heavy atom. The number of benzene rings is 1. The van der Waals surface area contributed by atoms with Gasteiger partial charge < -0.3 is 10.1 Å². The van der Waals surface area contributed by atoms with Crippen LogP contribution in [0.2, 0.25) is 0 Å². The zero-order valence-electron chi connectivity index (χ0n) is 20.6. The molecule has 0 atom stereocenters. The van der Waals surface area contributed by atoms with E-state index in [1.165, 1.54) is 32.8 Å². The summed E-state index contributed by atoms with van der Waals surface area (Å²) in [5.74, 6) is 0.876. The number of carbonyl (C=O) groups is 2. The molecule has 0 bridgehead atoms. The highest BCUT2D eigenvalue weighted by Crippen LogP contribution is 2.38. The molecule has 2 aliphatic carbocycles. The van der Waals surface area contributed by atoms with Crippen LogP contribution in [0.3, 0.4) is 0 Å². The fourth-order valence-corrected chi connectivity index (χ4v) is 5.68. The van der Waals surface area contributed by atoms with E-state index in [1.807, 2.05) is 18.2 Å². The summed E-state index contributed by atoms with van der Waals surface area (Å²) in [7, 11) is 1.38. The number of pyridine rings is 1. The van der Waals surface area contributed by atoms with E-state index in [2.05, 4.69) is 31.1 Å². The van der Waals surface area contributed by atoms with Crippen molar-refractivity contribution in [2.24, 2.45) is 17.3 Å². The molecule has 5 nitrogen and oxygen atoms in total. The van der Waals surface area contributed by atoms with Crippen LogP contribution in [0, 0.1) is 17.3 Å². The quantitative estimate of drug-likeness (QED) is 0.560. The predicted octanol–water partition coefficient (Wildman–Crippen LogP) is 6.09. The Labute approximate surface area is 197 Å². The second kappa shape index (κ2) is 9.82. The van der Waals surface area contributed by atoms with Gasteiger partial charge in [0.2, 0.25) is 0 Å². The molecule has 2 aliphatic rings. The normalized spacial score (nSPS) is 21.8. The summed E-state index contributed by atoms with van der Waals surface area (Å²) in [4.78, 5) is 30.0. The number of esters is 1. The van der Waals surface area contributed by atoms with Gasteiger partial charge in [0, 0.05) is 22.7 Å². The summed E-state index contributed by atoms with van der Waals surface area (Å²) in [6, 6.07) is 7.77. The lowest BCUT2D eigenvalue weighted by Crippen LogP contribution is -2.39. The number of nitrogens with one attached hydrogen (secondary N) is 1. The SMILES string of the molecule is COC(=O)c1cc2ccc(C(=O)NC3CCC(C(C)(C)C)CC3)cc2c(CC2CCCC2)n1. The van der Waals surface area contributed by atoms with Gasteiger partial charge >= 0.3 is 5.97 Å². The van der Waals surface area contributed by atoms with Crippen LogP contribution in [0.1, 0.15) is 98.7 Å². The van der Waals surface area contributed by atoms with E-state index in [0.29, 0.717) is 22.6 Å². The highest BCUT2D eigenvalue weighted by molar-refractivity contribution is 6.00. The summed E-state index contributed by atoms with van der Waals surface area (Å²) < 4.78 is 4.92. The molecule has 2 aromatic rings. The third-order valence-electron chi connectivity index (χ3n) is 7.81. The summed E-state index contributed by atoms with van der Waals surface area (Å²) in [5, 5.41) is 5.17. The smallest absolute Gasteiger partial charge is 0.356 e. The van der Waals surface area contributed by atoms with Gasteiger partial charge in [-0.2, -0.15) is 0 Å². The Morgan fingerprint density at radius 2 is 1.73 bits per heavy atom. The van der Waals surface area contributed by atoms with Crippen LogP contribution in [0.4, 0.5) is 0 Å². The summed E-state index contributed by atoms with van der Waals surface area (Å²) in [5.41, 5.74) is 2.24. The Balaban J connectivity index is 1.54. The molecule has 33 heavy (non-hydrogen) atoms.